The highest BCUT2D eigenvalue weighted by molar-refractivity contribution is 5.76. The van der Waals surface area contributed by atoms with Crippen LogP contribution in [0, 0.1) is 0 Å². The molecule has 0 aliphatic heterocycles. The number of hydrogen-bond acceptors (Lipinski definition) is 5. The Labute approximate surface area is 128 Å². The lowest BCUT2D eigenvalue weighted by Crippen LogP contribution is -2.24. The van der Waals surface area contributed by atoms with E-state index in [-0.39, 0.29) is 12.4 Å². The molecule has 0 bridgehead atoms. The minimum atomic E-state index is -0.807. The van der Waals surface area contributed by atoms with E-state index in [4.69, 9.17) is 10.6 Å². The fourth-order valence-electron chi connectivity index (χ4n) is 1.93. The Kier molecular flexibility index (Phi) is 5.48. The molecule has 2 aromatic rings. The van der Waals surface area contributed by atoms with Crippen LogP contribution in [0.4, 0.5) is 0 Å². The van der Waals surface area contributed by atoms with Crippen molar-refractivity contribution in [3.8, 4) is 5.75 Å². The molecule has 22 heavy (non-hydrogen) atoms. The van der Waals surface area contributed by atoms with E-state index in [1.807, 2.05) is 30.3 Å². The second-order valence-electron chi connectivity index (χ2n) is 4.71. The van der Waals surface area contributed by atoms with E-state index in [1.54, 1.807) is 24.3 Å². The highest BCUT2D eigenvalue weighted by atomic mass is 16.5. The van der Waals surface area contributed by atoms with Gasteiger partial charge in [0, 0.05) is 6.42 Å². The Balaban J connectivity index is 1.97. The van der Waals surface area contributed by atoms with Crippen LogP contribution in [-0.2, 0) is 22.6 Å². The zero-order chi connectivity index (χ0) is 15.8. The van der Waals surface area contributed by atoms with Gasteiger partial charge < -0.3 is 15.7 Å². The summed E-state index contributed by atoms with van der Waals surface area (Å²) >= 11 is 0. The van der Waals surface area contributed by atoms with Crippen LogP contribution in [0.25, 0.3) is 0 Å². The number of esters is 1. The molecule has 0 heterocycles. The summed E-state index contributed by atoms with van der Waals surface area (Å²) in [4.78, 5) is 12.1. The molecule has 0 saturated carbocycles. The first kappa shape index (κ1) is 15.5. The molecule has 0 saturated heterocycles. The predicted octanol–water partition coefficient (Wildman–Crippen LogP) is 2.37. The molecule has 0 aromatic heterocycles. The number of benzene rings is 2. The van der Waals surface area contributed by atoms with E-state index in [0.29, 0.717) is 6.42 Å². The number of phenolic OH excluding ortho intramolecular Hbond substituents is 1. The summed E-state index contributed by atoms with van der Waals surface area (Å²) in [5.41, 5.74) is 1.72. The SMILES string of the molecule is NN=N[C@@H](Cc1ccc(O)cc1)C(=O)OCc1ccccc1. The molecule has 6 heteroatoms. The Morgan fingerprint density at radius 1 is 1.09 bits per heavy atom. The first-order valence-electron chi connectivity index (χ1n) is 6.77. The molecule has 2 aromatic carbocycles. The van der Waals surface area contributed by atoms with E-state index in [0.717, 1.165) is 11.1 Å². The average molecular weight is 299 g/mol. The smallest absolute Gasteiger partial charge is 0.333 e. The average Bonchev–Trinajstić information content (AvgIpc) is 2.55. The van der Waals surface area contributed by atoms with Crippen molar-refractivity contribution in [1.29, 1.82) is 0 Å². The number of carbonyl (C=O) groups is 1. The minimum Gasteiger partial charge on any atom is -0.508 e. The van der Waals surface area contributed by atoms with Crippen LogP contribution in [0.2, 0.25) is 0 Å². The third kappa shape index (κ3) is 4.59. The molecular weight excluding hydrogens is 282 g/mol. The molecule has 0 aliphatic rings. The van der Waals surface area contributed by atoms with Crippen molar-refractivity contribution >= 4 is 5.97 Å². The van der Waals surface area contributed by atoms with Gasteiger partial charge in [-0.25, -0.2) is 4.79 Å². The maximum Gasteiger partial charge on any atom is 0.333 e. The Bertz CT molecular complexity index is 627. The molecule has 6 nitrogen and oxygen atoms in total. The highest BCUT2D eigenvalue weighted by Gasteiger charge is 2.20. The number of aromatic hydroxyl groups is 1. The highest BCUT2D eigenvalue weighted by Crippen LogP contribution is 2.14. The van der Waals surface area contributed by atoms with Crippen molar-refractivity contribution in [3.05, 3.63) is 65.7 Å². The molecule has 0 unspecified atom stereocenters. The van der Waals surface area contributed by atoms with Crippen molar-refractivity contribution in [1.82, 2.24) is 0 Å². The van der Waals surface area contributed by atoms with Gasteiger partial charge in [0.15, 0.2) is 6.04 Å². The second-order valence-corrected chi connectivity index (χ2v) is 4.71. The molecule has 2 rings (SSSR count). The van der Waals surface area contributed by atoms with E-state index in [2.05, 4.69) is 10.3 Å². The number of nitrogens with zero attached hydrogens (tertiary/aromatic N) is 2. The largest absolute Gasteiger partial charge is 0.508 e. The number of rotatable bonds is 6. The normalized spacial score (nSPS) is 12.2. The molecule has 0 radical (unpaired) electrons. The summed E-state index contributed by atoms with van der Waals surface area (Å²) in [5.74, 6) is 4.73. The van der Waals surface area contributed by atoms with Gasteiger partial charge in [-0.2, -0.15) is 5.11 Å². The quantitative estimate of drug-likeness (QED) is 0.370. The number of ether oxygens (including phenoxy) is 1. The van der Waals surface area contributed by atoms with Crippen LogP contribution in [0.1, 0.15) is 11.1 Å². The van der Waals surface area contributed by atoms with Gasteiger partial charge in [0.2, 0.25) is 0 Å². The number of nitrogens with two attached hydrogens (primary N) is 1. The summed E-state index contributed by atoms with van der Waals surface area (Å²) in [6, 6.07) is 15.1. The molecule has 1 atom stereocenters. The summed E-state index contributed by atoms with van der Waals surface area (Å²) in [6.45, 7) is 0.172. The summed E-state index contributed by atoms with van der Waals surface area (Å²) in [7, 11) is 0. The van der Waals surface area contributed by atoms with E-state index < -0.39 is 12.0 Å². The topological polar surface area (TPSA) is 97.3 Å². The van der Waals surface area contributed by atoms with Gasteiger partial charge in [0.1, 0.15) is 12.4 Å². The lowest BCUT2D eigenvalue weighted by molar-refractivity contribution is -0.146. The Morgan fingerprint density at radius 3 is 2.41 bits per heavy atom. The van der Waals surface area contributed by atoms with Crippen molar-refractivity contribution in [3.63, 3.8) is 0 Å². The van der Waals surface area contributed by atoms with Crippen LogP contribution < -0.4 is 5.84 Å². The summed E-state index contributed by atoms with van der Waals surface area (Å²) in [5, 5.41) is 16.2. The number of carbonyl (C=O) groups excluding carboxylic acids is 1. The zero-order valence-corrected chi connectivity index (χ0v) is 11.9. The van der Waals surface area contributed by atoms with Gasteiger partial charge >= 0.3 is 5.97 Å². The Hall–Kier alpha value is -2.89. The third-order valence-electron chi connectivity index (χ3n) is 3.07. The molecule has 3 N–H and O–H groups in total. The zero-order valence-electron chi connectivity index (χ0n) is 11.9. The van der Waals surface area contributed by atoms with Gasteiger partial charge in [-0.15, -0.1) is 0 Å². The van der Waals surface area contributed by atoms with Gasteiger partial charge in [-0.05, 0) is 23.3 Å². The van der Waals surface area contributed by atoms with Gasteiger partial charge in [0.05, 0.1) is 0 Å². The maximum absolute atomic E-state index is 12.1. The Morgan fingerprint density at radius 2 is 1.77 bits per heavy atom. The van der Waals surface area contributed by atoms with Crippen LogP contribution in [0.15, 0.2) is 64.9 Å². The standard InChI is InChI=1S/C16H17N3O3/c17-19-18-15(10-12-6-8-14(20)9-7-12)16(21)22-11-13-4-2-1-3-5-13/h1-9,15,20H,10-11H2,(H2,17,18)/t15-/m0/s1. The minimum absolute atomic E-state index is 0.160. The maximum atomic E-state index is 12.1. The molecule has 0 fully saturated rings. The molecule has 0 spiro atoms. The van der Waals surface area contributed by atoms with Crippen LogP contribution >= 0.6 is 0 Å². The predicted molar refractivity (Wildman–Crippen MR) is 80.9 cm³/mol. The molecular formula is C16H17N3O3. The van der Waals surface area contributed by atoms with E-state index in [1.165, 1.54) is 0 Å². The molecule has 0 aliphatic carbocycles. The van der Waals surface area contributed by atoms with Crippen molar-refractivity contribution in [2.24, 2.45) is 16.2 Å². The van der Waals surface area contributed by atoms with Crippen molar-refractivity contribution < 1.29 is 14.6 Å². The van der Waals surface area contributed by atoms with Crippen molar-refractivity contribution in [2.75, 3.05) is 0 Å². The monoisotopic (exact) mass is 299 g/mol. The van der Waals surface area contributed by atoms with Crippen molar-refractivity contribution in [2.45, 2.75) is 19.1 Å². The van der Waals surface area contributed by atoms with Crippen LogP contribution in [0.5, 0.6) is 5.75 Å². The number of phenols is 1. The van der Waals surface area contributed by atoms with Gasteiger partial charge in [0.25, 0.3) is 0 Å². The first-order valence-corrected chi connectivity index (χ1v) is 6.77. The van der Waals surface area contributed by atoms with Crippen LogP contribution in [-0.4, -0.2) is 17.1 Å². The van der Waals surface area contributed by atoms with E-state index in [9.17, 15) is 9.90 Å². The molecule has 0 amide bonds. The van der Waals surface area contributed by atoms with Gasteiger partial charge in [-0.1, -0.05) is 47.7 Å². The lowest BCUT2D eigenvalue weighted by Gasteiger charge is -2.11. The van der Waals surface area contributed by atoms with E-state index >= 15 is 0 Å². The summed E-state index contributed by atoms with van der Waals surface area (Å²) < 4.78 is 5.24. The fraction of sp³-hybridized carbons (Fsp3) is 0.188. The second kappa shape index (κ2) is 7.78. The fourth-order valence-corrected chi connectivity index (χ4v) is 1.93. The lowest BCUT2D eigenvalue weighted by atomic mass is 10.1. The van der Waals surface area contributed by atoms with Gasteiger partial charge in [-0.3, -0.25) is 0 Å². The van der Waals surface area contributed by atoms with Crippen LogP contribution in [0.3, 0.4) is 0 Å². The first-order chi connectivity index (χ1) is 10.7. The molecule has 114 valence electrons. The summed E-state index contributed by atoms with van der Waals surface area (Å²) in [6.07, 6.45) is 0.300. The third-order valence-corrected chi connectivity index (χ3v) is 3.07. The number of hydrogen-bond donors (Lipinski definition) is 2.